The van der Waals surface area contributed by atoms with Crippen molar-refractivity contribution in [2.24, 2.45) is 0 Å². The van der Waals surface area contributed by atoms with Gasteiger partial charge < -0.3 is 4.90 Å². The van der Waals surface area contributed by atoms with Crippen molar-refractivity contribution in [2.75, 3.05) is 13.1 Å². The Bertz CT molecular complexity index is 568. The molecule has 1 N–H and O–H groups in total. The molecule has 0 aliphatic carbocycles. The number of amides is 1. The van der Waals surface area contributed by atoms with Gasteiger partial charge in [0.05, 0.1) is 4.90 Å². The smallest absolute Gasteiger partial charge is 0.240 e. The fraction of sp³-hybridized carbons (Fsp3) is 0.500. The van der Waals surface area contributed by atoms with E-state index in [2.05, 4.69) is 4.72 Å². The molecule has 1 aromatic rings. The van der Waals surface area contributed by atoms with E-state index in [0.29, 0.717) is 6.54 Å². The van der Waals surface area contributed by atoms with Gasteiger partial charge in [-0.05, 0) is 38.5 Å². The van der Waals surface area contributed by atoms with E-state index in [0.717, 1.165) is 5.56 Å². The maximum atomic E-state index is 12.1. The van der Waals surface area contributed by atoms with Crippen LogP contribution in [0.1, 0.15) is 26.3 Å². The molecule has 20 heavy (non-hydrogen) atoms. The minimum atomic E-state index is -3.52. The van der Waals surface area contributed by atoms with E-state index in [1.807, 2.05) is 26.8 Å². The minimum absolute atomic E-state index is 0.0518. The van der Waals surface area contributed by atoms with Crippen molar-refractivity contribution in [2.45, 2.75) is 38.6 Å². The summed E-state index contributed by atoms with van der Waals surface area (Å²) in [6.07, 6.45) is 0. The quantitative estimate of drug-likeness (QED) is 0.866. The van der Waals surface area contributed by atoms with Crippen LogP contribution in [0.5, 0.6) is 0 Å². The van der Waals surface area contributed by atoms with E-state index in [4.69, 9.17) is 0 Å². The first-order chi connectivity index (χ1) is 9.24. The molecule has 0 heterocycles. The van der Waals surface area contributed by atoms with Gasteiger partial charge >= 0.3 is 0 Å². The predicted molar refractivity (Wildman–Crippen MR) is 78.9 cm³/mol. The fourth-order valence-corrected chi connectivity index (χ4v) is 3.07. The van der Waals surface area contributed by atoms with Gasteiger partial charge in [0.1, 0.15) is 0 Å². The monoisotopic (exact) mass is 298 g/mol. The number of hydrogen-bond acceptors (Lipinski definition) is 3. The largest absolute Gasteiger partial charge is 0.339 e. The van der Waals surface area contributed by atoms with Crippen molar-refractivity contribution < 1.29 is 13.2 Å². The molecule has 0 saturated carbocycles. The highest BCUT2D eigenvalue weighted by Crippen LogP contribution is 2.10. The third-order valence-electron chi connectivity index (χ3n) is 2.97. The number of carbonyl (C=O) groups excluding carboxylic acids is 1. The molecular weight excluding hydrogens is 276 g/mol. The van der Waals surface area contributed by atoms with E-state index < -0.39 is 10.0 Å². The van der Waals surface area contributed by atoms with Crippen LogP contribution >= 0.6 is 0 Å². The van der Waals surface area contributed by atoms with Crippen LogP contribution in [0, 0.1) is 6.92 Å². The number of nitrogens with zero attached hydrogens (tertiary/aromatic N) is 1. The highest BCUT2D eigenvalue weighted by atomic mass is 32.2. The van der Waals surface area contributed by atoms with Gasteiger partial charge in [0, 0.05) is 26.1 Å². The van der Waals surface area contributed by atoms with Gasteiger partial charge in [0.15, 0.2) is 0 Å². The summed E-state index contributed by atoms with van der Waals surface area (Å²) in [5.74, 6) is -0.0604. The van der Waals surface area contributed by atoms with Gasteiger partial charge in [-0.3, -0.25) is 4.79 Å². The molecule has 0 aromatic heterocycles. The molecule has 0 saturated heterocycles. The zero-order valence-corrected chi connectivity index (χ0v) is 13.2. The molecule has 112 valence electrons. The summed E-state index contributed by atoms with van der Waals surface area (Å²) in [6, 6.07) is 6.78. The molecule has 0 fully saturated rings. The molecule has 0 aliphatic heterocycles. The molecule has 0 bridgehead atoms. The van der Waals surface area contributed by atoms with Gasteiger partial charge in [0.25, 0.3) is 0 Å². The van der Waals surface area contributed by atoms with Gasteiger partial charge in [-0.25, -0.2) is 13.1 Å². The third kappa shape index (κ3) is 4.61. The second-order valence-corrected chi connectivity index (χ2v) is 6.79. The molecule has 6 heteroatoms. The lowest BCUT2D eigenvalue weighted by Crippen LogP contribution is -2.41. The SMILES string of the molecule is CC(=O)N(CCNS(=O)(=O)c1cccc(C)c1)C(C)C. The molecule has 1 aromatic carbocycles. The second kappa shape index (κ2) is 6.85. The number of nitrogens with one attached hydrogen (secondary N) is 1. The minimum Gasteiger partial charge on any atom is -0.339 e. The van der Waals surface area contributed by atoms with Crippen molar-refractivity contribution in [3.8, 4) is 0 Å². The van der Waals surface area contributed by atoms with Crippen molar-refractivity contribution in [3.63, 3.8) is 0 Å². The van der Waals surface area contributed by atoms with Crippen LogP contribution in [0.2, 0.25) is 0 Å². The van der Waals surface area contributed by atoms with E-state index in [1.165, 1.54) is 6.92 Å². The summed E-state index contributed by atoms with van der Waals surface area (Å²) < 4.78 is 26.7. The molecule has 1 amide bonds. The number of rotatable bonds is 6. The maximum Gasteiger partial charge on any atom is 0.240 e. The molecule has 5 nitrogen and oxygen atoms in total. The van der Waals surface area contributed by atoms with E-state index in [-0.39, 0.29) is 23.4 Å². The van der Waals surface area contributed by atoms with Crippen LogP contribution in [0.4, 0.5) is 0 Å². The highest BCUT2D eigenvalue weighted by Gasteiger charge is 2.16. The van der Waals surface area contributed by atoms with Crippen LogP contribution in [-0.4, -0.2) is 38.4 Å². The number of carbonyl (C=O) groups is 1. The Morgan fingerprint density at radius 2 is 2.00 bits per heavy atom. The van der Waals surface area contributed by atoms with E-state index in [9.17, 15) is 13.2 Å². The maximum absolute atomic E-state index is 12.1. The molecule has 0 atom stereocenters. The van der Waals surface area contributed by atoms with Crippen LogP contribution < -0.4 is 4.72 Å². The molecule has 0 aliphatic rings. The van der Waals surface area contributed by atoms with Crippen molar-refractivity contribution in [1.82, 2.24) is 9.62 Å². The summed E-state index contributed by atoms with van der Waals surface area (Å²) in [7, 11) is -3.52. The Morgan fingerprint density at radius 1 is 1.35 bits per heavy atom. The van der Waals surface area contributed by atoms with Crippen molar-refractivity contribution >= 4 is 15.9 Å². The normalized spacial score (nSPS) is 11.7. The number of sulfonamides is 1. The number of benzene rings is 1. The molecule has 0 radical (unpaired) electrons. The average Bonchev–Trinajstić information content (AvgIpc) is 2.33. The lowest BCUT2D eigenvalue weighted by Gasteiger charge is -2.25. The summed E-state index contributed by atoms with van der Waals surface area (Å²) in [5, 5.41) is 0. The van der Waals surface area contributed by atoms with E-state index >= 15 is 0 Å². The van der Waals surface area contributed by atoms with Crippen LogP contribution in [0.15, 0.2) is 29.2 Å². The zero-order valence-electron chi connectivity index (χ0n) is 12.4. The first-order valence-corrected chi connectivity index (χ1v) is 8.06. The molecule has 0 spiro atoms. The third-order valence-corrected chi connectivity index (χ3v) is 4.43. The Balaban J connectivity index is 2.67. The summed E-state index contributed by atoms with van der Waals surface area (Å²) >= 11 is 0. The van der Waals surface area contributed by atoms with E-state index in [1.54, 1.807) is 23.1 Å². The first kappa shape index (κ1) is 16.7. The van der Waals surface area contributed by atoms with Gasteiger partial charge in [-0.1, -0.05) is 12.1 Å². The topological polar surface area (TPSA) is 66.5 Å². The van der Waals surface area contributed by atoms with Gasteiger partial charge in [-0.2, -0.15) is 0 Å². The number of hydrogen-bond donors (Lipinski definition) is 1. The lowest BCUT2D eigenvalue weighted by atomic mass is 10.2. The van der Waals surface area contributed by atoms with Crippen molar-refractivity contribution in [1.29, 1.82) is 0 Å². The highest BCUT2D eigenvalue weighted by molar-refractivity contribution is 7.89. The summed E-state index contributed by atoms with van der Waals surface area (Å²) in [4.78, 5) is 13.3. The summed E-state index contributed by atoms with van der Waals surface area (Å²) in [5.41, 5.74) is 0.889. The van der Waals surface area contributed by atoms with Crippen LogP contribution in [-0.2, 0) is 14.8 Å². The molecular formula is C14H22N2O3S. The fourth-order valence-electron chi connectivity index (χ4n) is 1.95. The lowest BCUT2D eigenvalue weighted by molar-refractivity contribution is -0.130. The van der Waals surface area contributed by atoms with Gasteiger partial charge in [-0.15, -0.1) is 0 Å². The average molecular weight is 298 g/mol. The Hall–Kier alpha value is -1.40. The second-order valence-electron chi connectivity index (χ2n) is 5.02. The van der Waals surface area contributed by atoms with Crippen molar-refractivity contribution in [3.05, 3.63) is 29.8 Å². The molecule has 0 unspecified atom stereocenters. The Labute approximate surface area is 121 Å². The zero-order chi connectivity index (χ0) is 15.3. The predicted octanol–water partition coefficient (Wildman–Crippen LogP) is 1.53. The van der Waals surface area contributed by atoms with Crippen LogP contribution in [0.25, 0.3) is 0 Å². The van der Waals surface area contributed by atoms with Crippen LogP contribution in [0.3, 0.4) is 0 Å². The Morgan fingerprint density at radius 3 is 2.50 bits per heavy atom. The first-order valence-electron chi connectivity index (χ1n) is 6.57. The summed E-state index contributed by atoms with van der Waals surface area (Å²) in [6.45, 7) is 7.68. The number of aryl methyl sites for hydroxylation is 1. The molecule has 1 rings (SSSR count). The standard InChI is InChI=1S/C14H22N2O3S/c1-11(2)16(13(4)17)9-8-15-20(18,19)14-7-5-6-12(3)10-14/h5-7,10-11,15H,8-9H2,1-4H3. The van der Waals surface area contributed by atoms with Gasteiger partial charge in [0.2, 0.25) is 15.9 Å². The Kier molecular flexibility index (Phi) is 5.71.